The van der Waals surface area contributed by atoms with E-state index in [9.17, 15) is 0 Å². The fraction of sp³-hybridized carbons (Fsp3) is 0. The molecule has 0 saturated heterocycles. The Morgan fingerprint density at radius 1 is 0.367 bits per heavy atom. The first-order valence-electron chi connectivity index (χ1n) is 20.4. The number of hydrogen-bond acceptors (Lipinski definition) is 3. The van der Waals surface area contributed by atoms with E-state index in [1.807, 2.05) is 12.1 Å². The van der Waals surface area contributed by atoms with Gasteiger partial charge in [0.1, 0.15) is 11.1 Å². The summed E-state index contributed by atoms with van der Waals surface area (Å²) in [7, 11) is 0. The van der Waals surface area contributed by atoms with Crippen LogP contribution < -0.4 is 0 Å². The summed E-state index contributed by atoms with van der Waals surface area (Å²) < 4.78 is 13.9. The normalized spacial score (nSPS) is 12.7. The first-order chi connectivity index (χ1) is 29.8. The lowest BCUT2D eigenvalue weighted by Gasteiger charge is -2.12. The summed E-state index contributed by atoms with van der Waals surface area (Å²) in [5, 5.41) is 15.4. The maximum atomic E-state index is 6.82. The molecule has 0 unspecified atom stereocenters. The average molecular weight is 764 g/mol. The first-order valence-corrected chi connectivity index (χ1v) is 20.4. The van der Waals surface area contributed by atoms with Crippen molar-refractivity contribution < 1.29 is 4.42 Å². The van der Waals surface area contributed by atoms with E-state index in [0.29, 0.717) is 17.3 Å². The SMILES string of the molecule is c1ccc2c(c1)ccc1c2c2ccccc2n1-c1nc(-n2c3ccc4ccccc4c3c3c4c5ccccc5n5c6ccccc6c(cc32)c45)nc2c1oc1ccccc12. The number of nitrogens with zero attached hydrogens (tertiary/aromatic N) is 5. The third kappa shape index (κ3) is 3.66. The van der Waals surface area contributed by atoms with E-state index >= 15 is 0 Å². The van der Waals surface area contributed by atoms with Gasteiger partial charge in [-0.25, -0.2) is 4.98 Å². The van der Waals surface area contributed by atoms with Gasteiger partial charge in [0.25, 0.3) is 0 Å². The smallest absolute Gasteiger partial charge is 0.237 e. The molecule has 0 fully saturated rings. The van der Waals surface area contributed by atoms with Gasteiger partial charge >= 0.3 is 0 Å². The summed E-state index contributed by atoms with van der Waals surface area (Å²) in [6, 6.07) is 63.2. The van der Waals surface area contributed by atoms with Crippen molar-refractivity contribution in [2.24, 2.45) is 0 Å². The Bertz CT molecular complexity index is 4370. The van der Waals surface area contributed by atoms with Crippen molar-refractivity contribution in [2.45, 2.75) is 0 Å². The summed E-state index contributed by atoms with van der Waals surface area (Å²) in [5.41, 5.74) is 10.1. The zero-order chi connectivity index (χ0) is 38.8. The van der Waals surface area contributed by atoms with Gasteiger partial charge < -0.3 is 8.82 Å². The number of aromatic nitrogens is 5. The number of hydrogen-bond donors (Lipinski definition) is 0. The quantitative estimate of drug-likeness (QED) is 0.176. The molecule has 0 bridgehead atoms. The summed E-state index contributed by atoms with van der Waals surface area (Å²) >= 11 is 0. The molecule has 15 aromatic rings. The molecule has 60 heavy (non-hydrogen) atoms. The maximum Gasteiger partial charge on any atom is 0.237 e. The van der Waals surface area contributed by atoms with Gasteiger partial charge in [-0.2, -0.15) is 4.98 Å². The van der Waals surface area contributed by atoms with Gasteiger partial charge in [0.15, 0.2) is 11.4 Å². The molecule has 6 heterocycles. The zero-order valence-corrected chi connectivity index (χ0v) is 31.9. The molecule has 0 aliphatic rings. The van der Waals surface area contributed by atoms with Gasteiger partial charge in [-0.05, 0) is 70.1 Å². The number of benzene rings is 9. The van der Waals surface area contributed by atoms with E-state index in [0.717, 1.165) is 43.9 Å². The molecule has 0 spiro atoms. The molecule has 0 N–H and O–H groups in total. The van der Waals surface area contributed by atoms with Crippen molar-refractivity contribution in [3.8, 4) is 11.8 Å². The van der Waals surface area contributed by atoms with Crippen LogP contribution in [0.5, 0.6) is 0 Å². The van der Waals surface area contributed by atoms with Crippen LogP contribution in [0, 0.1) is 0 Å². The van der Waals surface area contributed by atoms with Gasteiger partial charge in [0.05, 0.1) is 38.6 Å². The lowest BCUT2D eigenvalue weighted by atomic mass is 9.99. The van der Waals surface area contributed by atoms with Crippen LogP contribution in [0.2, 0.25) is 0 Å². The van der Waals surface area contributed by atoms with Gasteiger partial charge in [-0.1, -0.05) is 127 Å². The minimum absolute atomic E-state index is 0.590. The number of rotatable bonds is 2. The third-order valence-electron chi connectivity index (χ3n) is 13.2. The van der Waals surface area contributed by atoms with Crippen LogP contribution in [0.1, 0.15) is 0 Å². The summed E-state index contributed by atoms with van der Waals surface area (Å²) in [6.45, 7) is 0. The van der Waals surface area contributed by atoms with Crippen LogP contribution in [-0.4, -0.2) is 23.5 Å². The number of para-hydroxylation sites is 4. The lowest BCUT2D eigenvalue weighted by molar-refractivity contribution is 0.661. The molecule has 15 rings (SSSR count). The molecular formula is C54H29N5O. The largest absolute Gasteiger partial charge is 0.450 e. The Hall–Kier alpha value is -8.22. The highest BCUT2D eigenvalue weighted by Gasteiger charge is 2.28. The van der Waals surface area contributed by atoms with Crippen LogP contribution in [-0.2, 0) is 0 Å². The monoisotopic (exact) mass is 763 g/mol. The van der Waals surface area contributed by atoms with E-state index < -0.39 is 0 Å². The van der Waals surface area contributed by atoms with Crippen LogP contribution in [0.3, 0.4) is 0 Å². The van der Waals surface area contributed by atoms with E-state index in [1.165, 1.54) is 75.8 Å². The van der Waals surface area contributed by atoms with Crippen molar-refractivity contribution in [3.63, 3.8) is 0 Å². The van der Waals surface area contributed by atoms with Crippen LogP contribution in [0.15, 0.2) is 180 Å². The highest BCUT2D eigenvalue weighted by molar-refractivity contribution is 6.38. The molecule has 6 heteroatoms. The highest BCUT2D eigenvalue weighted by atomic mass is 16.3. The molecule has 0 atom stereocenters. The molecule has 0 amide bonds. The standard InChI is InChI=1S/C54H29N5O/c1-3-15-32-30(13-1)25-27-42-46(32)35-18-6-11-23-41(35)58(42)53-52-50(37-20-8-12-24-45(37)60-52)55-54(56-53)59-43-28-26-31-14-2-4-16-33(31)47(43)49-44(59)29-38-34-17-5-9-21-39(34)57-40-22-10-7-19-36(40)48(49)51(38)57/h1-29H. The number of furan rings is 1. The predicted molar refractivity (Wildman–Crippen MR) is 248 cm³/mol. The lowest BCUT2D eigenvalue weighted by Crippen LogP contribution is -2.06. The van der Waals surface area contributed by atoms with Gasteiger partial charge in [-0.3, -0.25) is 9.13 Å². The Kier molecular flexibility index (Phi) is 5.57. The van der Waals surface area contributed by atoms with Gasteiger partial charge in [0.2, 0.25) is 5.95 Å². The average Bonchev–Trinajstić information content (AvgIpc) is 4.10. The topological polar surface area (TPSA) is 53.2 Å². The van der Waals surface area contributed by atoms with E-state index in [-0.39, 0.29) is 0 Å². The third-order valence-corrected chi connectivity index (χ3v) is 13.2. The Morgan fingerprint density at radius 2 is 0.933 bits per heavy atom. The van der Waals surface area contributed by atoms with E-state index in [4.69, 9.17) is 14.4 Å². The molecule has 0 aliphatic heterocycles. The molecular weight excluding hydrogens is 735 g/mol. The Labute approximate surface area is 339 Å². The van der Waals surface area contributed by atoms with Gasteiger partial charge in [0, 0.05) is 48.5 Å². The van der Waals surface area contributed by atoms with Crippen molar-refractivity contribution in [2.75, 3.05) is 0 Å². The second kappa shape index (κ2) is 10.8. The maximum absolute atomic E-state index is 6.82. The second-order valence-corrected chi connectivity index (χ2v) is 16.1. The molecule has 9 aromatic carbocycles. The molecule has 0 aliphatic carbocycles. The van der Waals surface area contributed by atoms with Crippen molar-refractivity contribution in [1.82, 2.24) is 23.5 Å². The van der Waals surface area contributed by atoms with Crippen LogP contribution in [0.4, 0.5) is 0 Å². The molecule has 6 aromatic heterocycles. The van der Waals surface area contributed by atoms with Crippen LogP contribution in [0.25, 0.3) is 137 Å². The molecule has 276 valence electrons. The van der Waals surface area contributed by atoms with Gasteiger partial charge in [-0.15, -0.1) is 0 Å². The van der Waals surface area contributed by atoms with E-state index in [2.05, 4.69) is 177 Å². The number of fused-ring (bicyclic) bond motifs is 20. The minimum atomic E-state index is 0.590. The van der Waals surface area contributed by atoms with E-state index in [1.54, 1.807) is 0 Å². The van der Waals surface area contributed by atoms with Crippen LogP contribution >= 0.6 is 0 Å². The summed E-state index contributed by atoms with van der Waals surface area (Å²) in [4.78, 5) is 11.2. The predicted octanol–water partition coefficient (Wildman–Crippen LogP) is 14.0. The molecule has 0 saturated carbocycles. The molecule has 0 radical (unpaired) electrons. The fourth-order valence-electron chi connectivity index (χ4n) is 10.8. The second-order valence-electron chi connectivity index (χ2n) is 16.1. The minimum Gasteiger partial charge on any atom is -0.450 e. The van der Waals surface area contributed by atoms with Crippen molar-refractivity contribution in [3.05, 3.63) is 176 Å². The Morgan fingerprint density at radius 3 is 1.68 bits per heavy atom. The fourth-order valence-corrected chi connectivity index (χ4v) is 10.8. The molecule has 6 nitrogen and oxygen atoms in total. The zero-order valence-electron chi connectivity index (χ0n) is 31.9. The Balaban J connectivity index is 1.18. The highest BCUT2D eigenvalue weighted by Crippen LogP contribution is 2.48. The summed E-state index contributed by atoms with van der Waals surface area (Å²) in [5.74, 6) is 1.30. The van der Waals surface area contributed by atoms with Crippen molar-refractivity contribution in [1.29, 1.82) is 0 Å². The first kappa shape index (κ1) is 30.9. The summed E-state index contributed by atoms with van der Waals surface area (Å²) in [6.07, 6.45) is 0. The van der Waals surface area contributed by atoms with Crippen molar-refractivity contribution >= 4 is 125 Å².